The maximum atomic E-state index is 11.9. The van der Waals surface area contributed by atoms with Gasteiger partial charge in [-0.3, -0.25) is 14.4 Å². The van der Waals surface area contributed by atoms with Crippen molar-refractivity contribution in [3.8, 4) is 0 Å². The molecule has 1 aliphatic rings. The zero-order valence-corrected chi connectivity index (χ0v) is 22.9. The summed E-state index contributed by atoms with van der Waals surface area (Å²) in [7, 11) is -2.46. The lowest BCUT2D eigenvalue weighted by molar-refractivity contribution is -0.106. The van der Waals surface area contributed by atoms with E-state index in [0.717, 1.165) is 48.3 Å². The Labute approximate surface area is 220 Å². The quantitative estimate of drug-likeness (QED) is 0.274. The van der Waals surface area contributed by atoms with Crippen molar-refractivity contribution in [2.75, 3.05) is 11.5 Å². The van der Waals surface area contributed by atoms with Crippen LogP contribution in [0.1, 0.15) is 31.0 Å². The molecule has 1 saturated heterocycles. The van der Waals surface area contributed by atoms with E-state index in [9.17, 15) is 9.59 Å². The molecule has 2 heterocycles. The van der Waals surface area contributed by atoms with Gasteiger partial charge in [0.25, 0.3) is 0 Å². The molecule has 1 fully saturated rings. The van der Waals surface area contributed by atoms with E-state index in [4.69, 9.17) is 9.84 Å². The Balaban J connectivity index is 1.41. The lowest BCUT2D eigenvalue weighted by Crippen LogP contribution is -2.40. The highest BCUT2D eigenvalue weighted by atomic mass is 28.4. The lowest BCUT2D eigenvalue weighted by Gasteiger charge is -2.30. The third-order valence-electron chi connectivity index (χ3n) is 7.36. The van der Waals surface area contributed by atoms with E-state index in [2.05, 4.69) is 29.4 Å². The highest BCUT2D eigenvalue weighted by Gasteiger charge is 2.49. The van der Waals surface area contributed by atoms with E-state index in [0.29, 0.717) is 13.0 Å². The predicted molar refractivity (Wildman–Crippen MR) is 146 cm³/mol. The zero-order chi connectivity index (χ0) is 26.4. The number of anilines is 2. The van der Waals surface area contributed by atoms with E-state index >= 15 is 0 Å². The molecule has 1 aromatic heterocycles. The Morgan fingerprint density at radius 3 is 2.51 bits per heavy atom. The first-order valence-corrected chi connectivity index (χ1v) is 16.1. The number of nitrogens with zero attached hydrogens (tertiary/aromatic N) is 4. The first-order valence-electron chi connectivity index (χ1n) is 13.1. The molecule has 0 radical (unpaired) electrons. The van der Waals surface area contributed by atoms with Crippen LogP contribution >= 0.6 is 0 Å². The van der Waals surface area contributed by atoms with E-state index in [1.165, 1.54) is 0 Å². The van der Waals surface area contributed by atoms with Gasteiger partial charge in [0.1, 0.15) is 0 Å². The highest BCUT2D eigenvalue weighted by Crippen LogP contribution is 2.45. The van der Waals surface area contributed by atoms with Gasteiger partial charge in [0.15, 0.2) is 8.32 Å². The average molecular weight is 523 g/mol. The Morgan fingerprint density at radius 1 is 1.05 bits per heavy atom. The number of amides is 1. The van der Waals surface area contributed by atoms with Crippen LogP contribution in [0.2, 0.25) is 18.6 Å². The summed E-state index contributed by atoms with van der Waals surface area (Å²) in [6.07, 6.45) is 5.65. The number of benzene rings is 2. The van der Waals surface area contributed by atoms with Gasteiger partial charge in [0.2, 0.25) is 6.41 Å². The van der Waals surface area contributed by atoms with Crippen LogP contribution in [0.5, 0.6) is 0 Å². The normalized spacial score (nSPS) is 21.8. The lowest BCUT2D eigenvalue weighted by atomic mass is 9.95. The first kappa shape index (κ1) is 27.2. The Kier molecular flexibility index (Phi) is 8.91. The first-order chi connectivity index (χ1) is 17.8. The van der Waals surface area contributed by atoms with E-state index in [-0.39, 0.29) is 30.3 Å². The van der Waals surface area contributed by atoms with Crippen molar-refractivity contribution in [2.45, 2.75) is 70.0 Å². The van der Waals surface area contributed by atoms with Crippen molar-refractivity contribution in [1.29, 1.82) is 0 Å². The SMILES string of the molecule is C[C@@H]1[C@@H]([Si](C)(C)O)[C@H](CCn2cc(CCO)nn2)O[C@@H]1CCc1cccc(N(C=O)c2ccccc2)c1. The smallest absolute Gasteiger partial charge is 0.218 e. The number of hydrogen-bond donors (Lipinski definition) is 2. The number of rotatable bonds is 12. The van der Waals surface area contributed by atoms with Crippen molar-refractivity contribution in [1.82, 2.24) is 15.0 Å². The topological polar surface area (TPSA) is 101 Å². The molecule has 0 spiro atoms. The van der Waals surface area contributed by atoms with Crippen LogP contribution in [-0.4, -0.2) is 58.4 Å². The standard InChI is InChI=1S/C28H38N4O4Si/c1-21-26(13-12-22-8-7-11-25(18-22)32(20-34)24-9-5-4-6-10-24)36-27(28(21)37(2,3)35)14-16-31-19-23(15-17-33)29-30-31/h4-11,18-21,26-28,33,35H,12-17H2,1-3H3/t21-,26+,27-,28+/m0/s1. The minimum Gasteiger partial charge on any atom is -0.432 e. The van der Waals surface area contributed by atoms with Crippen LogP contribution in [0, 0.1) is 5.92 Å². The molecule has 8 nitrogen and oxygen atoms in total. The number of aromatic nitrogens is 3. The number of carbonyl (C=O) groups is 1. The summed E-state index contributed by atoms with van der Waals surface area (Å²) >= 11 is 0. The molecule has 2 aromatic carbocycles. The maximum absolute atomic E-state index is 11.9. The fourth-order valence-electron chi connectivity index (χ4n) is 5.65. The summed E-state index contributed by atoms with van der Waals surface area (Å²) in [5, 5.41) is 17.4. The molecule has 4 rings (SSSR count). The molecule has 4 atom stereocenters. The van der Waals surface area contributed by atoms with E-state index in [1.54, 1.807) is 9.58 Å². The predicted octanol–water partition coefficient (Wildman–Crippen LogP) is 4.10. The van der Waals surface area contributed by atoms with Gasteiger partial charge >= 0.3 is 0 Å². The third-order valence-corrected chi connectivity index (χ3v) is 9.89. The Morgan fingerprint density at radius 2 is 1.81 bits per heavy atom. The number of aliphatic hydroxyl groups excluding tert-OH is 1. The monoisotopic (exact) mass is 522 g/mol. The second-order valence-corrected chi connectivity index (χ2v) is 14.5. The van der Waals surface area contributed by atoms with Gasteiger partial charge in [-0.15, -0.1) is 5.10 Å². The summed E-state index contributed by atoms with van der Waals surface area (Å²) < 4.78 is 8.38. The van der Waals surface area contributed by atoms with Gasteiger partial charge in [-0.2, -0.15) is 0 Å². The van der Waals surface area contributed by atoms with Crippen molar-refractivity contribution >= 4 is 26.1 Å². The molecule has 37 heavy (non-hydrogen) atoms. The van der Waals surface area contributed by atoms with Gasteiger partial charge in [-0.1, -0.05) is 42.5 Å². The molecule has 2 N–H and O–H groups in total. The minimum atomic E-state index is -2.46. The number of carbonyl (C=O) groups excluding carboxylic acids is 1. The van der Waals surface area contributed by atoms with E-state index in [1.807, 2.05) is 61.8 Å². The zero-order valence-electron chi connectivity index (χ0n) is 21.9. The molecule has 0 unspecified atom stereocenters. The molecule has 0 saturated carbocycles. The van der Waals surface area contributed by atoms with Crippen LogP contribution < -0.4 is 4.90 Å². The van der Waals surface area contributed by atoms with Gasteiger partial charge < -0.3 is 14.6 Å². The minimum absolute atomic E-state index is 0.0351. The molecule has 0 bridgehead atoms. The van der Waals surface area contributed by atoms with Gasteiger partial charge in [-0.25, -0.2) is 0 Å². The summed E-state index contributed by atoms with van der Waals surface area (Å²) in [4.78, 5) is 24.6. The third kappa shape index (κ3) is 6.73. The summed E-state index contributed by atoms with van der Waals surface area (Å²) in [6.45, 7) is 6.92. The summed E-state index contributed by atoms with van der Waals surface area (Å²) in [5.41, 5.74) is 3.73. The van der Waals surface area contributed by atoms with Crippen LogP contribution in [-0.2, 0) is 28.9 Å². The second-order valence-electron chi connectivity index (χ2n) is 10.5. The largest absolute Gasteiger partial charge is 0.432 e. The molecule has 1 aliphatic heterocycles. The van der Waals surface area contributed by atoms with Crippen LogP contribution in [0.3, 0.4) is 0 Å². The number of ether oxygens (including phenoxy) is 1. The van der Waals surface area contributed by atoms with Crippen molar-refractivity contribution in [3.05, 3.63) is 72.1 Å². The molecule has 1 amide bonds. The molecule has 3 aromatic rings. The molecular formula is C28H38N4O4Si. The molecular weight excluding hydrogens is 484 g/mol. The molecule has 0 aliphatic carbocycles. The Bertz CT molecular complexity index is 1150. The maximum Gasteiger partial charge on any atom is 0.218 e. The van der Waals surface area contributed by atoms with Crippen molar-refractivity contribution in [2.24, 2.45) is 5.92 Å². The van der Waals surface area contributed by atoms with Gasteiger partial charge in [-0.05, 0) is 68.1 Å². The number of hydrogen-bond acceptors (Lipinski definition) is 6. The van der Waals surface area contributed by atoms with Gasteiger partial charge in [0.05, 0.1) is 17.9 Å². The number of aliphatic hydroxyl groups is 1. The summed E-state index contributed by atoms with van der Waals surface area (Å²) in [5.74, 6) is 0.247. The number of aryl methyl sites for hydroxylation is 2. The van der Waals surface area contributed by atoms with E-state index < -0.39 is 8.32 Å². The van der Waals surface area contributed by atoms with Crippen LogP contribution in [0.4, 0.5) is 11.4 Å². The Hall–Kier alpha value is -2.85. The highest BCUT2D eigenvalue weighted by molar-refractivity contribution is 6.71. The number of para-hydroxylation sites is 1. The fourth-order valence-corrected chi connectivity index (χ4v) is 8.30. The summed E-state index contributed by atoms with van der Waals surface area (Å²) in [6, 6.07) is 17.7. The fraction of sp³-hybridized carbons (Fsp3) is 0.464. The molecule has 198 valence electrons. The van der Waals surface area contributed by atoms with Crippen molar-refractivity contribution < 1.29 is 19.4 Å². The average Bonchev–Trinajstić information content (AvgIpc) is 3.46. The molecule has 9 heteroatoms. The van der Waals surface area contributed by atoms with Gasteiger partial charge in [0, 0.05) is 42.7 Å². The van der Waals surface area contributed by atoms with Crippen molar-refractivity contribution in [3.63, 3.8) is 0 Å². The van der Waals surface area contributed by atoms with Crippen LogP contribution in [0.15, 0.2) is 60.8 Å². The second kappa shape index (κ2) is 12.1. The van der Waals surface area contributed by atoms with Crippen LogP contribution in [0.25, 0.3) is 0 Å².